The summed E-state index contributed by atoms with van der Waals surface area (Å²) in [6.45, 7) is -0.455. The molecule has 6 amide bonds. The molecule has 2 saturated heterocycles. The molecule has 2 heterocycles. The maximum absolute atomic E-state index is 14.3. The molecule has 29 heteroatoms. The van der Waals surface area contributed by atoms with Crippen LogP contribution in [0, 0.1) is 0 Å². The van der Waals surface area contributed by atoms with Crippen molar-refractivity contribution in [3.05, 3.63) is 51.6 Å². The Labute approximate surface area is 429 Å². The number of phenols is 2. The number of hydrogen-bond acceptors (Lipinski definition) is 21. The summed E-state index contributed by atoms with van der Waals surface area (Å²) in [7, 11) is 3.26. The second-order valence-electron chi connectivity index (χ2n) is 17.9. The summed E-state index contributed by atoms with van der Waals surface area (Å²) >= 11 is 0. The first kappa shape index (κ1) is 56.7. The maximum atomic E-state index is 14.3. The van der Waals surface area contributed by atoms with E-state index in [4.69, 9.17) is 37.1 Å². The summed E-state index contributed by atoms with van der Waals surface area (Å²) in [6.07, 6.45) is -8.13. The van der Waals surface area contributed by atoms with Crippen molar-refractivity contribution in [3.63, 3.8) is 0 Å². The van der Waals surface area contributed by atoms with Crippen molar-refractivity contribution in [3.8, 4) is 17.2 Å². The number of phenolic OH excluding ortho intramolecular Hbond substituents is 2. The highest BCUT2D eigenvalue weighted by Gasteiger charge is 2.50. The highest BCUT2D eigenvalue weighted by molar-refractivity contribution is 8.76. The predicted octanol–water partition coefficient (Wildman–Crippen LogP) is -4.62. The summed E-state index contributed by atoms with van der Waals surface area (Å²) in [4.78, 5) is 124. The number of methoxy groups -OCH3 is 1. The minimum atomic E-state index is -2.48. The van der Waals surface area contributed by atoms with Gasteiger partial charge in [-0.25, -0.2) is 0 Å². The number of nitrogens with two attached hydrogens (primary N) is 4. The number of amides is 6. The quantitative estimate of drug-likeness (QED) is 0.0252. The van der Waals surface area contributed by atoms with Crippen molar-refractivity contribution in [1.82, 2.24) is 26.6 Å². The van der Waals surface area contributed by atoms with Gasteiger partial charge < -0.3 is 89.3 Å². The number of nitrogens with zero attached hydrogens (tertiary/aromatic N) is 1. The van der Waals surface area contributed by atoms with Crippen LogP contribution in [0.2, 0.25) is 0 Å². The van der Waals surface area contributed by atoms with E-state index in [-0.39, 0.29) is 64.9 Å². The molecule has 2 aromatic carbocycles. The third-order valence-electron chi connectivity index (χ3n) is 12.7. The van der Waals surface area contributed by atoms with Crippen molar-refractivity contribution in [2.24, 2.45) is 27.9 Å². The summed E-state index contributed by atoms with van der Waals surface area (Å²) < 4.78 is 17.6. The number of aromatic hydroxyl groups is 2. The molecule has 0 spiro atoms. The smallest absolute Gasteiger partial charge is 0.243 e. The first-order valence-electron chi connectivity index (χ1n) is 23.0. The molecule has 6 rings (SSSR count). The van der Waals surface area contributed by atoms with Crippen LogP contribution in [0.1, 0.15) is 88.1 Å². The van der Waals surface area contributed by atoms with Crippen LogP contribution in [0.5, 0.6) is 17.2 Å². The number of aliphatic imine (C=N–C) groups is 1. The lowest BCUT2D eigenvalue weighted by atomic mass is 9.72. The number of ketones is 3. The molecule has 74 heavy (non-hydrogen) atoms. The number of aliphatic hydroxyl groups is 3. The van der Waals surface area contributed by atoms with Crippen molar-refractivity contribution >= 4 is 80.3 Å². The lowest BCUT2D eigenvalue weighted by Gasteiger charge is -2.43. The molecular weight excluding hydrogens is 1020 g/mol. The fourth-order valence-electron chi connectivity index (χ4n) is 8.91. The maximum Gasteiger partial charge on any atom is 0.243 e. The predicted molar refractivity (Wildman–Crippen MR) is 261 cm³/mol. The first-order valence-corrected chi connectivity index (χ1v) is 25.5. The lowest BCUT2D eigenvalue weighted by Crippen LogP contribution is -2.60. The van der Waals surface area contributed by atoms with Gasteiger partial charge in [0.2, 0.25) is 41.2 Å². The third-order valence-corrected chi connectivity index (χ3v) is 15.1. The minimum absolute atomic E-state index is 0.00602. The Hall–Kier alpha value is -6.60. The number of Topliss-reactive ketones (excluding diaryl/α,β-unsaturated/α-hetero) is 1. The molecule has 2 fully saturated rings. The molecule has 27 nitrogen and oxygen atoms in total. The van der Waals surface area contributed by atoms with E-state index in [1.54, 1.807) is 0 Å². The molecule has 0 aromatic heterocycles. The van der Waals surface area contributed by atoms with Gasteiger partial charge in [-0.15, -0.1) is 0 Å². The fraction of sp³-hybridized carbons (Fsp3) is 0.511. The Morgan fingerprint density at radius 3 is 2.31 bits per heavy atom. The number of ether oxygens (including phenoxy) is 3. The van der Waals surface area contributed by atoms with E-state index >= 15 is 0 Å². The number of nitrogens with one attached hydrogen (secondary N) is 5. The van der Waals surface area contributed by atoms with Crippen LogP contribution < -0.4 is 54.3 Å². The van der Waals surface area contributed by atoms with Crippen LogP contribution in [0.4, 0.5) is 0 Å². The van der Waals surface area contributed by atoms with Crippen molar-refractivity contribution < 1.29 is 82.9 Å². The average molecular weight is 1080 g/mol. The monoisotopic (exact) mass is 1070 g/mol. The van der Waals surface area contributed by atoms with Gasteiger partial charge in [0, 0.05) is 54.0 Å². The number of aliphatic hydroxyl groups excluding tert-OH is 2. The number of hydrogen-bond donors (Lipinski definition) is 14. The van der Waals surface area contributed by atoms with Crippen LogP contribution >= 0.6 is 21.6 Å². The molecule has 402 valence electrons. The number of carbonyl (C=O) groups excluding carboxylic acids is 9. The number of carbonyl (C=O) groups is 9. The normalized spacial score (nSPS) is 27.8. The van der Waals surface area contributed by atoms with Gasteiger partial charge in [0.15, 0.2) is 23.8 Å². The second-order valence-corrected chi connectivity index (χ2v) is 20.4. The largest absolute Gasteiger partial charge is 0.507 e. The average Bonchev–Trinajstić information content (AvgIpc) is 3.35. The molecule has 18 N–H and O–H groups in total. The molecule has 0 bridgehead atoms. The van der Waals surface area contributed by atoms with E-state index in [9.17, 15) is 68.7 Å². The van der Waals surface area contributed by atoms with E-state index in [2.05, 4.69) is 31.6 Å². The van der Waals surface area contributed by atoms with Gasteiger partial charge in [-0.05, 0) is 25.8 Å². The van der Waals surface area contributed by atoms with Gasteiger partial charge in [0.25, 0.3) is 0 Å². The minimum Gasteiger partial charge on any atom is -0.507 e. The van der Waals surface area contributed by atoms with Gasteiger partial charge in [-0.1, -0.05) is 33.7 Å². The zero-order valence-corrected chi connectivity index (χ0v) is 41.5. The molecule has 2 aliphatic heterocycles. The zero-order chi connectivity index (χ0) is 54.3. The number of guanidine groups is 1. The summed E-state index contributed by atoms with van der Waals surface area (Å²) in [6, 6.07) is -2.65. The highest BCUT2D eigenvalue weighted by atomic mass is 33.1. The van der Waals surface area contributed by atoms with E-state index in [0.717, 1.165) is 21.6 Å². The van der Waals surface area contributed by atoms with E-state index in [0.29, 0.717) is 0 Å². The molecule has 2 aliphatic carbocycles. The second kappa shape index (κ2) is 24.2. The molecular formula is C45H58N10O17S2. The highest BCUT2D eigenvalue weighted by Crippen LogP contribution is 2.52. The van der Waals surface area contributed by atoms with Gasteiger partial charge in [0.05, 0.1) is 61.1 Å². The van der Waals surface area contributed by atoms with Crippen LogP contribution in [0.25, 0.3) is 0 Å². The van der Waals surface area contributed by atoms with E-state index in [1.807, 2.05) is 0 Å². The van der Waals surface area contributed by atoms with Gasteiger partial charge in [-0.2, -0.15) is 0 Å². The zero-order valence-electron chi connectivity index (χ0n) is 39.9. The first-order chi connectivity index (χ1) is 35.0. The van der Waals surface area contributed by atoms with Gasteiger partial charge in [0.1, 0.15) is 53.7 Å². The van der Waals surface area contributed by atoms with Gasteiger partial charge in [-0.3, -0.25) is 48.1 Å². The number of benzene rings is 2. The van der Waals surface area contributed by atoms with Crippen LogP contribution in [-0.2, 0) is 49.5 Å². The molecule has 3 unspecified atom stereocenters. The Bertz CT molecular complexity index is 2620. The Morgan fingerprint density at radius 1 is 0.932 bits per heavy atom. The molecule has 0 saturated carbocycles. The molecule has 4 aliphatic rings. The lowest BCUT2D eigenvalue weighted by molar-refractivity contribution is -0.249. The van der Waals surface area contributed by atoms with Crippen molar-refractivity contribution in [2.75, 3.05) is 38.3 Å². The SMILES string of the molecule is COc1cccc2c1C(=O)c1c(O)c3c(c(O)c1C2=O)C[C@@](O)(C(=O)CO)C[C@@H]3O[C@H]1C[C@H](NC(=O)C2CSSC[C@H](N)C(=O)NC(CC(N)=O)C(=O)NCC(=O)NC(CCCN=C(N)N)C(=O)N2)[C@H](O)[C@H](C)O1. The Kier molecular flexibility index (Phi) is 18.5. The molecule has 2 aromatic rings. The van der Waals surface area contributed by atoms with Crippen molar-refractivity contribution in [2.45, 2.75) is 106 Å². The van der Waals surface area contributed by atoms with E-state index < -0.39 is 175 Å². The summed E-state index contributed by atoms with van der Waals surface area (Å²) in [5, 5.41) is 69.1. The standard InChI is InChI=1S/C45H58N10O17S2/c1-17-35(60)22(53-43(68)24-16-74-73-15-20(46)40(65)54-23(9-28(47)58)41(66)51-13-29(59)52-21(42(67)55-24)6-4-8-50-44(48)49)10-30(71-17)72-26-12-45(69,27(57)14-56)11-19-32(26)39(64)34-33(37(19)62)36(61)18-5-3-7-25(70-2)31(18)38(34)63/h3,5,7,17,20-24,26,30,35,56,60,62,64,69H,4,6,8-16,46H2,1-2H3,(H2,47,58)(H,51,66)(H,52,59)(H,53,68)(H,54,65)(H,55,67)(H4,48,49,50)/t17-,20-,21?,22-,23?,24?,26-,30-,35+,45-/m0/s1. The number of primary amides is 1. The number of fused-ring (bicyclic) bond motifs is 3. The molecule has 0 radical (unpaired) electrons. The Balaban J connectivity index is 1.28. The molecule has 10 atom stereocenters. The van der Waals surface area contributed by atoms with Crippen LogP contribution in [-0.4, -0.2) is 177 Å². The van der Waals surface area contributed by atoms with Crippen LogP contribution in [0.15, 0.2) is 23.2 Å². The summed E-state index contributed by atoms with van der Waals surface area (Å²) in [5.74, 6) is -10.5. The Morgan fingerprint density at radius 2 is 1.64 bits per heavy atom. The van der Waals surface area contributed by atoms with Gasteiger partial charge >= 0.3 is 0 Å². The van der Waals surface area contributed by atoms with E-state index in [1.165, 1.54) is 32.2 Å². The third kappa shape index (κ3) is 12.7. The fourth-order valence-corrected chi connectivity index (χ4v) is 11.2. The summed E-state index contributed by atoms with van der Waals surface area (Å²) in [5.41, 5.74) is 17.5. The van der Waals surface area contributed by atoms with Crippen LogP contribution in [0.3, 0.4) is 0 Å². The van der Waals surface area contributed by atoms with Crippen molar-refractivity contribution in [1.29, 1.82) is 0 Å². The number of rotatable bonds is 13. The topological polar surface area (TPSA) is 459 Å².